The molecule has 0 saturated carbocycles. The van der Waals surface area contributed by atoms with E-state index in [9.17, 15) is 0 Å². The van der Waals surface area contributed by atoms with Crippen LogP contribution in [-0.4, -0.2) is 6.10 Å². The Morgan fingerprint density at radius 2 is 1.87 bits per heavy atom. The van der Waals surface area contributed by atoms with Gasteiger partial charge >= 0.3 is 0 Å². The van der Waals surface area contributed by atoms with Crippen LogP contribution in [0.5, 0.6) is 5.75 Å². The monoisotopic (exact) mass is 204 g/mol. The lowest BCUT2D eigenvalue weighted by Gasteiger charge is -2.30. The number of ether oxygens (including phenoxy) is 1. The minimum absolute atomic E-state index is 0.271. The SMILES string of the molecule is CCC1Oc2ccccc2C1C(C)(C)C. The summed E-state index contributed by atoms with van der Waals surface area (Å²) in [7, 11) is 0. The molecule has 0 aromatic heterocycles. The van der Waals surface area contributed by atoms with Crippen LogP contribution in [0.25, 0.3) is 0 Å². The second-order valence-electron chi connectivity index (χ2n) is 5.45. The van der Waals surface area contributed by atoms with Crippen LogP contribution in [0.15, 0.2) is 24.3 Å². The van der Waals surface area contributed by atoms with Crippen molar-refractivity contribution in [3.63, 3.8) is 0 Å². The first-order chi connectivity index (χ1) is 7.04. The Morgan fingerprint density at radius 3 is 2.47 bits per heavy atom. The van der Waals surface area contributed by atoms with Crippen LogP contribution in [0.1, 0.15) is 45.6 Å². The fourth-order valence-electron chi connectivity index (χ4n) is 2.62. The van der Waals surface area contributed by atoms with E-state index in [1.165, 1.54) is 5.56 Å². The van der Waals surface area contributed by atoms with Crippen LogP contribution in [-0.2, 0) is 0 Å². The van der Waals surface area contributed by atoms with Crippen molar-refractivity contribution in [2.75, 3.05) is 0 Å². The van der Waals surface area contributed by atoms with E-state index in [-0.39, 0.29) is 5.41 Å². The molecule has 82 valence electrons. The molecule has 1 aliphatic heterocycles. The molecule has 15 heavy (non-hydrogen) atoms. The van der Waals surface area contributed by atoms with Gasteiger partial charge in [0, 0.05) is 11.5 Å². The Morgan fingerprint density at radius 1 is 1.20 bits per heavy atom. The van der Waals surface area contributed by atoms with Crippen molar-refractivity contribution in [2.24, 2.45) is 5.41 Å². The molecule has 2 unspecified atom stereocenters. The maximum Gasteiger partial charge on any atom is 0.123 e. The molecule has 0 fully saturated rings. The summed E-state index contributed by atoms with van der Waals surface area (Å²) in [5.74, 6) is 1.61. The van der Waals surface area contributed by atoms with Crippen LogP contribution >= 0.6 is 0 Å². The summed E-state index contributed by atoms with van der Waals surface area (Å²) >= 11 is 0. The molecular formula is C14H20O. The molecule has 0 saturated heterocycles. The summed E-state index contributed by atoms with van der Waals surface area (Å²) in [6, 6.07) is 8.46. The molecule has 1 aromatic rings. The molecule has 0 aliphatic carbocycles. The number of para-hydroxylation sites is 1. The summed E-state index contributed by atoms with van der Waals surface area (Å²) in [6.07, 6.45) is 1.43. The van der Waals surface area contributed by atoms with E-state index in [0.717, 1.165) is 12.2 Å². The average molecular weight is 204 g/mol. The summed E-state index contributed by atoms with van der Waals surface area (Å²) in [6.45, 7) is 9.10. The van der Waals surface area contributed by atoms with Crippen molar-refractivity contribution < 1.29 is 4.74 Å². The van der Waals surface area contributed by atoms with Gasteiger partial charge in [-0.1, -0.05) is 45.9 Å². The molecule has 0 bridgehead atoms. The predicted molar refractivity (Wildman–Crippen MR) is 63.3 cm³/mol. The van der Waals surface area contributed by atoms with Gasteiger partial charge in [0.15, 0.2) is 0 Å². The number of hydrogen-bond acceptors (Lipinski definition) is 1. The smallest absolute Gasteiger partial charge is 0.123 e. The predicted octanol–water partition coefficient (Wildman–Crippen LogP) is 3.99. The number of fused-ring (bicyclic) bond motifs is 1. The molecular weight excluding hydrogens is 184 g/mol. The first kappa shape index (κ1) is 10.5. The zero-order valence-electron chi connectivity index (χ0n) is 10.1. The van der Waals surface area contributed by atoms with Gasteiger partial charge in [0.2, 0.25) is 0 Å². The molecule has 2 rings (SSSR count). The zero-order valence-corrected chi connectivity index (χ0v) is 10.1. The molecule has 0 amide bonds. The molecule has 2 atom stereocenters. The van der Waals surface area contributed by atoms with Gasteiger partial charge in [-0.3, -0.25) is 0 Å². The lowest BCUT2D eigenvalue weighted by atomic mass is 9.74. The van der Waals surface area contributed by atoms with Gasteiger partial charge in [0.1, 0.15) is 11.9 Å². The van der Waals surface area contributed by atoms with Gasteiger partial charge in [0.05, 0.1) is 0 Å². The van der Waals surface area contributed by atoms with Crippen molar-refractivity contribution in [1.82, 2.24) is 0 Å². The van der Waals surface area contributed by atoms with E-state index in [1.54, 1.807) is 0 Å². The maximum atomic E-state index is 6.00. The molecule has 1 heterocycles. The van der Waals surface area contributed by atoms with E-state index in [1.807, 2.05) is 0 Å². The van der Waals surface area contributed by atoms with Crippen LogP contribution in [0.3, 0.4) is 0 Å². The fraction of sp³-hybridized carbons (Fsp3) is 0.571. The maximum absolute atomic E-state index is 6.00. The lowest BCUT2D eigenvalue weighted by Crippen LogP contribution is -2.28. The first-order valence-electron chi connectivity index (χ1n) is 5.79. The third-order valence-corrected chi connectivity index (χ3v) is 3.24. The summed E-state index contributed by atoms with van der Waals surface area (Å²) in [5, 5.41) is 0. The molecule has 1 aromatic carbocycles. The van der Waals surface area contributed by atoms with Crippen LogP contribution in [0.4, 0.5) is 0 Å². The molecule has 0 spiro atoms. The fourth-order valence-corrected chi connectivity index (χ4v) is 2.62. The highest BCUT2D eigenvalue weighted by Crippen LogP contribution is 2.48. The van der Waals surface area contributed by atoms with Crippen molar-refractivity contribution >= 4 is 0 Å². The van der Waals surface area contributed by atoms with Crippen molar-refractivity contribution in [3.05, 3.63) is 29.8 Å². The average Bonchev–Trinajstić information content (AvgIpc) is 2.54. The third-order valence-electron chi connectivity index (χ3n) is 3.24. The highest BCUT2D eigenvalue weighted by Gasteiger charge is 2.40. The zero-order chi connectivity index (χ0) is 11.1. The van der Waals surface area contributed by atoms with Crippen molar-refractivity contribution in [3.8, 4) is 5.75 Å². The van der Waals surface area contributed by atoms with Gasteiger partial charge in [-0.05, 0) is 17.9 Å². The van der Waals surface area contributed by atoms with Gasteiger partial charge in [-0.2, -0.15) is 0 Å². The second kappa shape index (κ2) is 3.55. The summed E-state index contributed by atoms with van der Waals surface area (Å²) in [5.41, 5.74) is 1.66. The number of benzene rings is 1. The highest BCUT2D eigenvalue weighted by molar-refractivity contribution is 5.42. The largest absolute Gasteiger partial charge is 0.489 e. The van der Waals surface area contributed by atoms with E-state index in [4.69, 9.17) is 4.74 Å². The molecule has 1 aliphatic rings. The topological polar surface area (TPSA) is 9.23 Å². The Balaban J connectivity index is 2.43. The molecule has 0 radical (unpaired) electrons. The second-order valence-corrected chi connectivity index (χ2v) is 5.45. The lowest BCUT2D eigenvalue weighted by molar-refractivity contribution is 0.143. The summed E-state index contributed by atoms with van der Waals surface area (Å²) < 4.78 is 6.00. The van der Waals surface area contributed by atoms with E-state index in [2.05, 4.69) is 52.0 Å². The third kappa shape index (κ3) is 1.75. The minimum atomic E-state index is 0.271. The summed E-state index contributed by atoms with van der Waals surface area (Å²) in [4.78, 5) is 0. The van der Waals surface area contributed by atoms with E-state index >= 15 is 0 Å². The Labute approximate surface area is 92.5 Å². The molecule has 1 heteroatoms. The van der Waals surface area contributed by atoms with Gasteiger partial charge < -0.3 is 4.74 Å². The molecule has 0 N–H and O–H groups in total. The van der Waals surface area contributed by atoms with Crippen molar-refractivity contribution in [2.45, 2.75) is 46.1 Å². The Kier molecular flexibility index (Phi) is 2.49. The number of rotatable bonds is 1. The first-order valence-corrected chi connectivity index (χ1v) is 5.79. The van der Waals surface area contributed by atoms with Gasteiger partial charge in [-0.15, -0.1) is 0 Å². The quantitative estimate of drug-likeness (QED) is 0.672. The molecule has 1 nitrogen and oxygen atoms in total. The normalized spacial score (nSPS) is 24.8. The van der Waals surface area contributed by atoms with Gasteiger partial charge in [0.25, 0.3) is 0 Å². The highest BCUT2D eigenvalue weighted by atomic mass is 16.5. The van der Waals surface area contributed by atoms with Gasteiger partial charge in [-0.25, -0.2) is 0 Å². The Bertz CT molecular complexity index is 349. The standard InChI is InChI=1S/C14H20O/c1-5-11-13(14(2,3)4)10-8-6-7-9-12(10)15-11/h6-9,11,13H,5H2,1-4H3. The van der Waals surface area contributed by atoms with E-state index < -0.39 is 0 Å². The number of hydrogen-bond donors (Lipinski definition) is 0. The minimum Gasteiger partial charge on any atom is -0.489 e. The van der Waals surface area contributed by atoms with E-state index in [0.29, 0.717) is 12.0 Å². The Hall–Kier alpha value is -0.980. The van der Waals surface area contributed by atoms with Crippen molar-refractivity contribution in [1.29, 1.82) is 0 Å². The van der Waals surface area contributed by atoms with Crippen LogP contribution < -0.4 is 4.74 Å². The van der Waals surface area contributed by atoms with Crippen LogP contribution in [0.2, 0.25) is 0 Å². The van der Waals surface area contributed by atoms with Crippen LogP contribution in [0, 0.1) is 5.41 Å².